The van der Waals surface area contributed by atoms with Gasteiger partial charge in [0.1, 0.15) is 40.1 Å². The molecule has 0 aromatic heterocycles. The summed E-state index contributed by atoms with van der Waals surface area (Å²) in [6, 6.07) is 0.278. The maximum Gasteiger partial charge on any atom is 0.432 e. The SMILES string of the molecule is CCCCCC1CCC(C2(C)COC(O)(c3cc(F)c(C(F)(F)Oc4cc(F)c(C(F)(F)F)c(F)c4)c(F)c3)OC2)CC1. The van der Waals surface area contributed by atoms with E-state index in [1.807, 2.05) is 6.92 Å². The number of rotatable bonds is 9. The van der Waals surface area contributed by atoms with Crippen molar-refractivity contribution in [2.45, 2.75) is 83.5 Å². The van der Waals surface area contributed by atoms with Gasteiger partial charge in [-0.1, -0.05) is 52.4 Å². The lowest BCUT2D eigenvalue weighted by Crippen LogP contribution is -2.50. The molecule has 0 bridgehead atoms. The lowest BCUT2D eigenvalue weighted by Gasteiger charge is -2.47. The van der Waals surface area contributed by atoms with Gasteiger partial charge in [0.15, 0.2) is 0 Å². The highest BCUT2D eigenvalue weighted by molar-refractivity contribution is 5.35. The molecule has 1 saturated heterocycles. The van der Waals surface area contributed by atoms with E-state index in [0.29, 0.717) is 18.1 Å². The fourth-order valence-electron chi connectivity index (χ4n) is 5.95. The number of alkyl halides is 5. The summed E-state index contributed by atoms with van der Waals surface area (Å²) in [4.78, 5) is 0. The zero-order valence-corrected chi connectivity index (χ0v) is 23.6. The maximum absolute atomic E-state index is 14.9. The average molecular weight is 629 g/mol. The van der Waals surface area contributed by atoms with Gasteiger partial charge in [0.05, 0.1) is 13.2 Å². The Kier molecular flexibility index (Phi) is 9.68. The standard InChI is InChI=1S/C30H33F9O4/c1-3-4-5-6-17-7-9-18(10-8-17)27(2)15-41-30(40,42-16-27)19-11-21(31)26(22(32)12-19)29(38,39)43-20-13-23(33)25(24(34)14-20)28(35,36)37/h11-14,17-18,40H,3-10,15-16H2,1-2H3. The molecule has 1 aliphatic carbocycles. The third-order valence-electron chi connectivity index (χ3n) is 8.49. The summed E-state index contributed by atoms with van der Waals surface area (Å²) in [7, 11) is 0. The van der Waals surface area contributed by atoms with Crippen molar-refractivity contribution in [1.29, 1.82) is 0 Å². The molecule has 0 radical (unpaired) electrons. The number of benzene rings is 2. The van der Waals surface area contributed by atoms with Crippen molar-refractivity contribution in [3.63, 3.8) is 0 Å². The molecule has 2 aromatic carbocycles. The van der Waals surface area contributed by atoms with Crippen molar-refractivity contribution in [3.8, 4) is 5.75 Å². The molecule has 2 aliphatic rings. The van der Waals surface area contributed by atoms with Gasteiger partial charge in [-0.05, 0) is 36.8 Å². The molecule has 2 aromatic rings. The fraction of sp³-hybridized carbons (Fsp3) is 0.600. The summed E-state index contributed by atoms with van der Waals surface area (Å²) in [6.07, 6.45) is -1.73. The molecule has 4 rings (SSSR count). The van der Waals surface area contributed by atoms with Crippen LogP contribution in [0.1, 0.15) is 81.9 Å². The van der Waals surface area contributed by atoms with Crippen LogP contribution in [-0.2, 0) is 27.7 Å². The highest BCUT2D eigenvalue weighted by Gasteiger charge is 2.49. The molecule has 2 fully saturated rings. The van der Waals surface area contributed by atoms with Crippen LogP contribution in [0.2, 0.25) is 0 Å². The second kappa shape index (κ2) is 12.5. The van der Waals surface area contributed by atoms with Gasteiger partial charge < -0.3 is 19.3 Å². The topological polar surface area (TPSA) is 47.9 Å². The highest BCUT2D eigenvalue weighted by Crippen LogP contribution is 2.47. The molecule has 1 heterocycles. The first-order valence-electron chi connectivity index (χ1n) is 14.1. The van der Waals surface area contributed by atoms with E-state index < -0.39 is 69.4 Å². The Hall–Kier alpha value is -2.51. The second-order valence-electron chi connectivity index (χ2n) is 11.7. The molecule has 0 spiro atoms. The minimum atomic E-state index is -5.47. The van der Waals surface area contributed by atoms with E-state index in [0.717, 1.165) is 32.1 Å². The summed E-state index contributed by atoms with van der Waals surface area (Å²) >= 11 is 0. The molecule has 1 aliphatic heterocycles. The quantitative estimate of drug-likeness (QED) is 0.223. The minimum Gasteiger partial charge on any atom is -0.429 e. The van der Waals surface area contributed by atoms with Crippen LogP contribution in [0.4, 0.5) is 39.5 Å². The van der Waals surface area contributed by atoms with Gasteiger partial charge in [0, 0.05) is 23.1 Å². The maximum atomic E-state index is 14.9. The Morgan fingerprint density at radius 1 is 0.814 bits per heavy atom. The summed E-state index contributed by atoms with van der Waals surface area (Å²) in [5.41, 5.74) is -5.55. The van der Waals surface area contributed by atoms with Crippen molar-refractivity contribution in [1.82, 2.24) is 0 Å². The highest BCUT2D eigenvalue weighted by atomic mass is 19.4. The molecular formula is C30H33F9O4. The number of aliphatic hydroxyl groups is 1. The van der Waals surface area contributed by atoms with Crippen molar-refractivity contribution in [2.24, 2.45) is 17.3 Å². The first-order chi connectivity index (χ1) is 20.0. The van der Waals surface area contributed by atoms with Crippen LogP contribution in [-0.4, -0.2) is 18.3 Å². The molecule has 240 valence electrons. The number of ether oxygens (including phenoxy) is 3. The Morgan fingerprint density at radius 2 is 1.33 bits per heavy atom. The van der Waals surface area contributed by atoms with Gasteiger partial charge in [-0.15, -0.1) is 0 Å². The lowest BCUT2D eigenvalue weighted by molar-refractivity contribution is -0.419. The van der Waals surface area contributed by atoms with Crippen LogP contribution in [0.15, 0.2) is 24.3 Å². The van der Waals surface area contributed by atoms with Crippen molar-refractivity contribution in [2.75, 3.05) is 13.2 Å². The number of hydrogen-bond acceptors (Lipinski definition) is 4. The number of halogens is 9. The first kappa shape index (κ1) is 33.4. The van der Waals surface area contributed by atoms with Crippen LogP contribution in [0.5, 0.6) is 5.75 Å². The monoisotopic (exact) mass is 628 g/mol. The first-order valence-corrected chi connectivity index (χ1v) is 14.1. The van der Waals surface area contributed by atoms with E-state index >= 15 is 0 Å². The third-order valence-corrected chi connectivity index (χ3v) is 8.49. The van der Waals surface area contributed by atoms with E-state index in [4.69, 9.17) is 9.47 Å². The van der Waals surface area contributed by atoms with Crippen LogP contribution >= 0.6 is 0 Å². The van der Waals surface area contributed by atoms with Crippen LogP contribution < -0.4 is 4.74 Å². The fourth-order valence-corrected chi connectivity index (χ4v) is 5.95. The van der Waals surface area contributed by atoms with E-state index in [1.165, 1.54) is 19.3 Å². The number of unbranched alkanes of at least 4 members (excludes halogenated alkanes) is 2. The lowest BCUT2D eigenvalue weighted by atomic mass is 9.67. The third kappa shape index (κ3) is 7.25. The summed E-state index contributed by atoms with van der Waals surface area (Å²) in [5, 5.41) is 10.9. The molecule has 0 amide bonds. The van der Waals surface area contributed by atoms with Crippen molar-refractivity contribution < 1.29 is 58.8 Å². The Morgan fingerprint density at radius 3 is 1.81 bits per heavy atom. The smallest absolute Gasteiger partial charge is 0.429 e. The molecule has 0 unspecified atom stereocenters. The summed E-state index contributed by atoms with van der Waals surface area (Å²) in [5.74, 6) is -11.7. The molecule has 1 saturated carbocycles. The van der Waals surface area contributed by atoms with Crippen LogP contribution in [0, 0.1) is 40.5 Å². The number of hydrogen-bond donors (Lipinski definition) is 1. The minimum absolute atomic E-state index is 0.0377. The van der Waals surface area contributed by atoms with Gasteiger partial charge in [-0.25, -0.2) is 17.6 Å². The van der Waals surface area contributed by atoms with Gasteiger partial charge in [-0.2, -0.15) is 22.0 Å². The Labute approximate surface area is 243 Å². The predicted octanol–water partition coefficient (Wildman–Crippen LogP) is 8.93. The Bertz CT molecular complexity index is 1230. The van der Waals surface area contributed by atoms with Crippen LogP contribution in [0.25, 0.3) is 0 Å². The molecule has 43 heavy (non-hydrogen) atoms. The zero-order valence-electron chi connectivity index (χ0n) is 23.6. The van der Waals surface area contributed by atoms with Crippen molar-refractivity contribution >= 4 is 0 Å². The van der Waals surface area contributed by atoms with Gasteiger partial charge in [-0.3, -0.25) is 0 Å². The van der Waals surface area contributed by atoms with Gasteiger partial charge in [0.2, 0.25) is 0 Å². The van der Waals surface area contributed by atoms with E-state index in [1.54, 1.807) is 0 Å². The van der Waals surface area contributed by atoms with E-state index in [9.17, 15) is 44.6 Å². The largest absolute Gasteiger partial charge is 0.432 e. The van der Waals surface area contributed by atoms with E-state index in [2.05, 4.69) is 11.7 Å². The molecular weight excluding hydrogens is 595 g/mol. The zero-order chi connectivity index (χ0) is 31.8. The van der Waals surface area contributed by atoms with Gasteiger partial charge in [0.25, 0.3) is 0 Å². The predicted molar refractivity (Wildman–Crippen MR) is 136 cm³/mol. The van der Waals surface area contributed by atoms with E-state index in [-0.39, 0.29) is 31.3 Å². The average Bonchev–Trinajstić information content (AvgIpc) is 2.89. The van der Waals surface area contributed by atoms with Gasteiger partial charge >= 0.3 is 18.3 Å². The Balaban J connectivity index is 1.46. The molecule has 1 N–H and O–H groups in total. The normalized spacial score (nSPS) is 26.9. The van der Waals surface area contributed by atoms with Crippen molar-refractivity contribution in [3.05, 3.63) is 64.2 Å². The molecule has 0 atom stereocenters. The second-order valence-corrected chi connectivity index (χ2v) is 11.7. The van der Waals surface area contributed by atoms with Crippen LogP contribution in [0.3, 0.4) is 0 Å². The summed E-state index contributed by atoms with van der Waals surface area (Å²) < 4.78 is 140. The molecule has 13 heteroatoms. The molecule has 4 nitrogen and oxygen atoms in total. The summed E-state index contributed by atoms with van der Waals surface area (Å²) in [6.45, 7) is 4.00.